The second kappa shape index (κ2) is 5.82. The van der Waals surface area contributed by atoms with Gasteiger partial charge in [-0.25, -0.2) is 0 Å². The largest absolute Gasteiger partial charge is 0.433 e. The molecule has 3 atom stereocenters. The van der Waals surface area contributed by atoms with Crippen LogP contribution >= 0.6 is 0 Å². The van der Waals surface area contributed by atoms with Crippen molar-refractivity contribution in [3.8, 4) is 0 Å². The van der Waals surface area contributed by atoms with Crippen LogP contribution in [0.2, 0.25) is 0 Å². The van der Waals surface area contributed by atoms with Gasteiger partial charge in [0.05, 0.1) is 17.7 Å². The minimum atomic E-state index is -4.53. The topological polar surface area (TPSA) is 63.2 Å². The molecule has 2 N–H and O–H groups in total. The highest BCUT2D eigenvalue weighted by Crippen LogP contribution is 2.39. The van der Waals surface area contributed by atoms with E-state index in [2.05, 4.69) is 15.6 Å². The number of aromatic nitrogens is 1. The van der Waals surface area contributed by atoms with E-state index in [0.29, 0.717) is 17.8 Å². The number of morpholine rings is 1. The average molecular weight is 349 g/mol. The first-order chi connectivity index (χ1) is 11.9. The molecule has 0 aliphatic carbocycles. The molecule has 2 fully saturated rings. The second-order valence-corrected chi connectivity index (χ2v) is 6.04. The normalized spacial score (nSPS) is 24.7. The van der Waals surface area contributed by atoms with E-state index in [1.54, 1.807) is 12.1 Å². The van der Waals surface area contributed by atoms with Gasteiger partial charge in [0.15, 0.2) is 0 Å². The third kappa shape index (κ3) is 2.98. The molecule has 0 radical (unpaired) electrons. The van der Waals surface area contributed by atoms with Gasteiger partial charge in [-0.15, -0.1) is 0 Å². The van der Waals surface area contributed by atoms with E-state index in [4.69, 9.17) is 4.74 Å². The Labute approximate surface area is 141 Å². The Hall–Kier alpha value is -2.45. The summed E-state index contributed by atoms with van der Waals surface area (Å²) in [6.45, 7) is 0.885. The van der Waals surface area contributed by atoms with Gasteiger partial charge < -0.3 is 15.4 Å². The van der Waals surface area contributed by atoms with E-state index in [0.717, 1.165) is 30.4 Å². The van der Waals surface area contributed by atoms with Gasteiger partial charge in [0.1, 0.15) is 11.8 Å². The summed E-state index contributed by atoms with van der Waals surface area (Å²) in [5, 5.41) is 5.93. The fraction of sp³-hybridized carbons (Fsp3) is 0.294. The number of benzene rings is 1. The van der Waals surface area contributed by atoms with Crippen LogP contribution in [0.25, 0.3) is 0 Å². The van der Waals surface area contributed by atoms with Crippen LogP contribution in [0.4, 0.5) is 18.9 Å². The maximum atomic E-state index is 12.5. The van der Waals surface area contributed by atoms with Crippen molar-refractivity contribution in [1.82, 2.24) is 10.3 Å². The number of pyridine rings is 1. The van der Waals surface area contributed by atoms with Gasteiger partial charge in [-0.05, 0) is 29.8 Å². The van der Waals surface area contributed by atoms with E-state index >= 15 is 0 Å². The average Bonchev–Trinajstić information content (AvgIpc) is 2.57. The predicted molar refractivity (Wildman–Crippen MR) is 83.0 cm³/mol. The van der Waals surface area contributed by atoms with Crippen molar-refractivity contribution in [2.75, 3.05) is 11.9 Å². The molecule has 130 valence electrons. The number of anilines is 1. The standard InChI is InChI=1S/C17H14F3N3O2/c18-17(19,20)13-6-3-10(7-21-13)16(24)23-11-4-1-9(2-5-11)15-14-12(25-15)8-22-14/h1-7,12,14-15,22H,8H2,(H,23,24)/t12?,14-,15+/m1/s1. The summed E-state index contributed by atoms with van der Waals surface area (Å²) < 4.78 is 43.2. The van der Waals surface area contributed by atoms with E-state index < -0.39 is 17.8 Å². The van der Waals surface area contributed by atoms with E-state index in [1.807, 2.05) is 12.1 Å². The summed E-state index contributed by atoms with van der Waals surface area (Å²) in [4.78, 5) is 15.4. The number of carbonyl (C=O) groups excluding carboxylic acids is 1. The quantitative estimate of drug-likeness (QED) is 0.894. The Bertz CT molecular complexity index is 790. The lowest BCUT2D eigenvalue weighted by Gasteiger charge is -2.53. The number of ether oxygens (including phenoxy) is 1. The van der Waals surface area contributed by atoms with Crippen molar-refractivity contribution in [2.24, 2.45) is 0 Å². The molecule has 0 saturated carbocycles. The Morgan fingerprint density at radius 1 is 1.20 bits per heavy atom. The van der Waals surface area contributed by atoms with Crippen molar-refractivity contribution in [3.05, 3.63) is 59.4 Å². The molecule has 0 bridgehead atoms. The Morgan fingerprint density at radius 2 is 1.96 bits per heavy atom. The Kier molecular flexibility index (Phi) is 3.73. The van der Waals surface area contributed by atoms with Crippen LogP contribution in [-0.2, 0) is 10.9 Å². The SMILES string of the molecule is O=C(Nc1ccc([C@@H]2OC3CN[C@H]32)cc1)c1ccc(C(F)(F)F)nc1. The minimum absolute atomic E-state index is 0.0302. The number of hydrogen-bond acceptors (Lipinski definition) is 4. The smallest absolute Gasteiger partial charge is 0.365 e. The molecular formula is C17H14F3N3O2. The number of nitrogens with zero attached hydrogens (tertiary/aromatic N) is 1. The first-order valence-corrected chi connectivity index (χ1v) is 7.75. The highest BCUT2D eigenvalue weighted by Gasteiger charge is 2.49. The number of rotatable bonds is 3. The van der Waals surface area contributed by atoms with Crippen LogP contribution in [0.3, 0.4) is 0 Å². The molecule has 2 aromatic rings. The second-order valence-electron chi connectivity index (χ2n) is 6.04. The summed E-state index contributed by atoms with van der Waals surface area (Å²) in [5.41, 5.74) is 0.589. The number of nitrogens with one attached hydrogen (secondary N) is 2. The predicted octanol–water partition coefficient (Wildman–Crippen LogP) is 2.76. The van der Waals surface area contributed by atoms with Crippen LogP contribution in [0, 0.1) is 0 Å². The monoisotopic (exact) mass is 349 g/mol. The molecular weight excluding hydrogens is 335 g/mol. The molecule has 1 aromatic carbocycles. The summed E-state index contributed by atoms with van der Waals surface area (Å²) in [6, 6.07) is 9.44. The van der Waals surface area contributed by atoms with E-state index in [9.17, 15) is 18.0 Å². The van der Waals surface area contributed by atoms with Gasteiger partial charge in [-0.1, -0.05) is 12.1 Å². The van der Waals surface area contributed by atoms with Gasteiger partial charge in [-0.2, -0.15) is 13.2 Å². The van der Waals surface area contributed by atoms with Gasteiger partial charge in [-0.3, -0.25) is 9.78 Å². The van der Waals surface area contributed by atoms with Crippen molar-refractivity contribution >= 4 is 11.6 Å². The number of alkyl halides is 3. The van der Waals surface area contributed by atoms with Crippen molar-refractivity contribution < 1.29 is 22.7 Å². The first-order valence-electron chi connectivity index (χ1n) is 7.75. The van der Waals surface area contributed by atoms with Crippen molar-refractivity contribution in [1.29, 1.82) is 0 Å². The third-order valence-corrected chi connectivity index (χ3v) is 4.42. The van der Waals surface area contributed by atoms with E-state index in [-0.39, 0.29) is 11.7 Å². The maximum Gasteiger partial charge on any atom is 0.433 e. The molecule has 1 amide bonds. The van der Waals surface area contributed by atoms with Crippen LogP contribution < -0.4 is 10.6 Å². The number of hydrogen-bond donors (Lipinski definition) is 2. The van der Waals surface area contributed by atoms with Crippen LogP contribution in [0.15, 0.2) is 42.6 Å². The summed E-state index contributed by atoms with van der Waals surface area (Å²) in [6.07, 6.45) is -3.28. The minimum Gasteiger partial charge on any atom is -0.365 e. The van der Waals surface area contributed by atoms with Crippen molar-refractivity contribution in [2.45, 2.75) is 24.4 Å². The molecule has 1 aromatic heterocycles. The fourth-order valence-corrected chi connectivity index (χ4v) is 2.91. The molecule has 8 heteroatoms. The molecule has 0 spiro atoms. The van der Waals surface area contributed by atoms with E-state index in [1.165, 1.54) is 0 Å². The lowest BCUT2D eigenvalue weighted by Crippen LogP contribution is -2.69. The molecule has 5 nitrogen and oxygen atoms in total. The molecule has 25 heavy (non-hydrogen) atoms. The molecule has 3 heterocycles. The number of halogens is 3. The van der Waals surface area contributed by atoms with Gasteiger partial charge >= 0.3 is 6.18 Å². The molecule has 2 saturated heterocycles. The summed E-state index contributed by atoms with van der Waals surface area (Å²) >= 11 is 0. The van der Waals surface area contributed by atoms with Gasteiger partial charge in [0.25, 0.3) is 5.91 Å². The highest BCUT2D eigenvalue weighted by molar-refractivity contribution is 6.04. The Morgan fingerprint density at radius 3 is 2.44 bits per heavy atom. The highest BCUT2D eigenvalue weighted by atomic mass is 19.4. The summed E-state index contributed by atoms with van der Waals surface area (Å²) in [7, 11) is 0. The fourth-order valence-electron chi connectivity index (χ4n) is 2.91. The molecule has 2 aliphatic heterocycles. The Balaban J connectivity index is 1.40. The third-order valence-electron chi connectivity index (χ3n) is 4.42. The van der Waals surface area contributed by atoms with Gasteiger partial charge in [0, 0.05) is 18.4 Å². The maximum absolute atomic E-state index is 12.5. The van der Waals surface area contributed by atoms with Crippen LogP contribution in [0.5, 0.6) is 0 Å². The van der Waals surface area contributed by atoms with Crippen LogP contribution in [-0.4, -0.2) is 29.6 Å². The number of fused-ring (bicyclic) bond motifs is 1. The van der Waals surface area contributed by atoms with Crippen LogP contribution in [0.1, 0.15) is 27.7 Å². The lowest BCUT2D eigenvalue weighted by molar-refractivity contribution is -0.203. The zero-order valence-corrected chi connectivity index (χ0v) is 12.9. The molecule has 4 rings (SSSR count). The van der Waals surface area contributed by atoms with Crippen molar-refractivity contribution in [3.63, 3.8) is 0 Å². The molecule has 1 unspecified atom stereocenters. The molecule has 2 aliphatic rings. The first kappa shape index (κ1) is 16.0. The number of amides is 1. The lowest BCUT2D eigenvalue weighted by atomic mass is 9.86. The number of carbonyl (C=O) groups is 1. The zero-order valence-electron chi connectivity index (χ0n) is 12.9. The zero-order chi connectivity index (χ0) is 17.6. The summed E-state index contributed by atoms with van der Waals surface area (Å²) in [5.74, 6) is -0.519. The van der Waals surface area contributed by atoms with Gasteiger partial charge in [0.2, 0.25) is 0 Å².